The van der Waals surface area contributed by atoms with Gasteiger partial charge in [-0.2, -0.15) is 0 Å². The van der Waals surface area contributed by atoms with Crippen molar-refractivity contribution in [3.8, 4) is 5.75 Å². The van der Waals surface area contributed by atoms with Crippen LogP contribution in [0.4, 0.5) is 0 Å². The molecule has 0 saturated carbocycles. The Kier molecular flexibility index (Phi) is 5.09. The lowest BCUT2D eigenvalue weighted by molar-refractivity contribution is -0.135. The van der Waals surface area contributed by atoms with Crippen molar-refractivity contribution in [2.24, 2.45) is 11.3 Å². The van der Waals surface area contributed by atoms with Crippen LogP contribution in [0.5, 0.6) is 5.75 Å². The lowest BCUT2D eigenvalue weighted by atomic mass is 9.87. The summed E-state index contributed by atoms with van der Waals surface area (Å²) in [6, 6.07) is 7.57. The average molecular weight is 333 g/mol. The molecular weight excluding hydrogens is 310 g/mol. The summed E-state index contributed by atoms with van der Waals surface area (Å²) in [6.45, 7) is 10.4. The van der Waals surface area contributed by atoms with Gasteiger partial charge in [-0.1, -0.05) is 51.7 Å². The molecule has 0 radical (unpaired) electrons. The van der Waals surface area contributed by atoms with E-state index in [1.807, 2.05) is 24.3 Å². The van der Waals surface area contributed by atoms with Gasteiger partial charge in [0.05, 0.1) is 18.1 Å². The third kappa shape index (κ3) is 3.91. The molecule has 2 unspecified atom stereocenters. The molecule has 0 aliphatic carbocycles. The maximum atomic E-state index is 11.7. The van der Waals surface area contributed by atoms with E-state index in [0.717, 1.165) is 16.3 Å². The number of benzene rings is 1. The Morgan fingerprint density at radius 3 is 2.43 bits per heavy atom. The summed E-state index contributed by atoms with van der Waals surface area (Å²) in [4.78, 5) is 12.4. The van der Waals surface area contributed by atoms with Crippen molar-refractivity contribution in [2.45, 2.75) is 26.8 Å². The zero-order valence-corrected chi connectivity index (χ0v) is 14.8. The first-order valence-electron chi connectivity index (χ1n) is 7.55. The van der Waals surface area contributed by atoms with Crippen LogP contribution in [-0.4, -0.2) is 24.7 Å². The second-order valence-corrected chi connectivity index (χ2v) is 7.11. The number of ether oxygens (including phenoxy) is 2. The number of esters is 1. The normalized spacial score (nSPS) is 19.2. The van der Waals surface area contributed by atoms with Gasteiger partial charge < -0.3 is 14.8 Å². The minimum absolute atomic E-state index is 0.142. The molecule has 1 aromatic rings. The monoisotopic (exact) mass is 333 g/mol. The molecule has 0 bridgehead atoms. The number of carbonyl (C=O) groups excluding carboxylic acids is 1. The minimum Gasteiger partial charge on any atom is -0.497 e. The Labute approximate surface area is 142 Å². The third-order valence-electron chi connectivity index (χ3n) is 3.95. The van der Waals surface area contributed by atoms with Gasteiger partial charge >= 0.3 is 5.97 Å². The topological polar surface area (TPSA) is 47.6 Å². The molecule has 5 heteroatoms. The lowest BCUT2D eigenvalue weighted by Gasteiger charge is -2.30. The standard InChI is InChI=1S/C18H23NO3S/c1-11-14(10-22-16(11)20)15(19-17(23)18(2,3)4)12-6-8-13(21-5)9-7-12/h6-9,14-15H,1,10H2,2-5H3,(H,19,23). The molecule has 2 rings (SSSR count). The first-order chi connectivity index (χ1) is 10.7. The summed E-state index contributed by atoms with van der Waals surface area (Å²) in [5.74, 6) is 0.302. The number of thiocarbonyl (C=S) groups is 1. The van der Waals surface area contributed by atoms with Crippen LogP contribution < -0.4 is 10.1 Å². The van der Waals surface area contributed by atoms with Gasteiger partial charge in [-0.15, -0.1) is 0 Å². The number of carbonyl (C=O) groups is 1. The smallest absolute Gasteiger partial charge is 0.333 e. The van der Waals surface area contributed by atoms with Gasteiger partial charge in [0.25, 0.3) is 0 Å². The first kappa shape index (κ1) is 17.5. The van der Waals surface area contributed by atoms with Crippen LogP contribution in [0.3, 0.4) is 0 Å². The summed E-state index contributed by atoms with van der Waals surface area (Å²) in [6.07, 6.45) is 0. The van der Waals surface area contributed by atoms with Gasteiger partial charge in [-0.3, -0.25) is 0 Å². The summed E-state index contributed by atoms with van der Waals surface area (Å²) < 4.78 is 10.4. The minimum atomic E-state index is -0.336. The van der Waals surface area contributed by atoms with Gasteiger partial charge in [-0.25, -0.2) is 4.79 Å². The Balaban J connectivity index is 2.32. The molecule has 1 fully saturated rings. The Hall–Kier alpha value is -1.88. The van der Waals surface area contributed by atoms with E-state index >= 15 is 0 Å². The third-order valence-corrected chi connectivity index (χ3v) is 4.68. The summed E-state index contributed by atoms with van der Waals surface area (Å²) in [5.41, 5.74) is 1.34. The number of nitrogens with one attached hydrogen (secondary N) is 1. The van der Waals surface area contributed by atoms with Crippen molar-refractivity contribution in [1.82, 2.24) is 5.32 Å². The molecule has 2 atom stereocenters. The number of hydrogen-bond acceptors (Lipinski definition) is 4. The van der Waals surface area contributed by atoms with Crippen molar-refractivity contribution < 1.29 is 14.3 Å². The molecule has 124 valence electrons. The van der Waals surface area contributed by atoms with Crippen molar-refractivity contribution >= 4 is 23.2 Å². The SMILES string of the molecule is C=C1C(=O)OCC1C(NC(=S)C(C)(C)C)c1ccc(OC)cc1. The van der Waals surface area contributed by atoms with Gasteiger partial charge in [0.1, 0.15) is 12.4 Å². The van der Waals surface area contributed by atoms with E-state index in [-0.39, 0.29) is 23.3 Å². The lowest BCUT2D eigenvalue weighted by Crippen LogP contribution is -2.39. The molecular formula is C18H23NO3S. The molecule has 1 aliphatic rings. The number of cyclic esters (lactones) is 1. The van der Waals surface area contributed by atoms with Crippen LogP contribution in [0.25, 0.3) is 0 Å². The number of methoxy groups -OCH3 is 1. The molecule has 23 heavy (non-hydrogen) atoms. The summed E-state index contributed by atoms with van der Waals surface area (Å²) in [7, 11) is 1.63. The average Bonchev–Trinajstić information content (AvgIpc) is 2.83. The Morgan fingerprint density at radius 1 is 1.39 bits per heavy atom. The van der Waals surface area contributed by atoms with E-state index in [4.69, 9.17) is 21.7 Å². The van der Waals surface area contributed by atoms with E-state index < -0.39 is 0 Å². The second-order valence-electron chi connectivity index (χ2n) is 6.70. The first-order valence-corrected chi connectivity index (χ1v) is 7.95. The van der Waals surface area contributed by atoms with E-state index in [1.165, 1.54) is 0 Å². The van der Waals surface area contributed by atoms with Gasteiger partial charge in [0.15, 0.2) is 0 Å². The molecule has 1 saturated heterocycles. The highest BCUT2D eigenvalue weighted by molar-refractivity contribution is 7.80. The largest absolute Gasteiger partial charge is 0.497 e. The van der Waals surface area contributed by atoms with E-state index in [2.05, 4.69) is 32.7 Å². The molecule has 1 aliphatic heterocycles. The fourth-order valence-electron chi connectivity index (χ4n) is 2.39. The number of rotatable bonds is 4. The van der Waals surface area contributed by atoms with E-state index in [9.17, 15) is 4.79 Å². The predicted octanol–water partition coefficient (Wildman–Crippen LogP) is 3.43. The molecule has 0 spiro atoms. The van der Waals surface area contributed by atoms with Crippen molar-refractivity contribution in [3.63, 3.8) is 0 Å². The quantitative estimate of drug-likeness (QED) is 0.520. The van der Waals surface area contributed by atoms with Crippen LogP contribution in [0.15, 0.2) is 36.4 Å². The molecule has 0 amide bonds. The highest BCUT2D eigenvalue weighted by atomic mass is 32.1. The maximum Gasteiger partial charge on any atom is 0.333 e. The van der Waals surface area contributed by atoms with Crippen LogP contribution in [0, 0.1) is 11.3 Å². The molecule has 1 N–H and O–H groups in total. The zero-order valence-electron chi connectivity index (χ0n) is 14.0. The molecule has 1 heterocycles. The van der Waals surface area contributed by atoms with Crippen molar-refractivity contribution in [1.29, 1.82) is 0 Å². The second kappa shape index (κ2) is 6.71. The zero-order chi connectivity index (χ0) is 17.2. The van der Waals surface area contributed by atoms with Crippen LogP contribution in [-0.2, 0) is 9.53 Å². The highest BCUT2D eigenvalue weighted by Crippen LogP contribution is 2.34. The fraction of sp³-hybridized carbons (Fsp3) is 0.444. The van der Waals surface area contributed by atoms with Crippen molar-refractivity contribution in [2.75, 3.05) is 13.7 Å². The van der Waals surface area contributed by atoms with Crippen LogP contribution in [0.2, 0.25) is 0 Å². The van der Waals surface area contributed by atoms with E-state index in [1.54, 1.807) is 7.11 Å². The fourth-order valence-corrected chi connectivity index (χ4v) is 2.52. The van der Waals surface area contributed by atoms with Gasteiger partial charge in [0, 0.05) is 16.9 Å². The molecule has 4 nitrogen and oxygen atoms in total. The van der Waals surface area contributed by atoms with Gasteiger partial charge in [-0.05, 0) is 17.7 Å². The molecule has 1 aromatic carbocycles. The predicted molar refractivity (Wildman–Crippen MR) is 94.5 cm³/mol. The van der Waals surface area contributed by atoms with Crippen LogP contribution >= 0.6 is 12.2 Å². The molecule has 0 aromatic heterocycles. The Bertz CT molecular complexity index is 616. The van der Waals surface area contributed by atoms with Gasteiger partial charge in [0.2, 0.25) is 0 Å². The summed E-state index contributed by atoms with van der Waals surface area (Å²) >= 11 is 5.53. The van der Waals surface area contributed by atoms with E-state index in [0.29, 0.717) is 12.2 Å². The highest BCUT2D eigenvalue weighted by Gasteiger charge is 2.37. The summed E-state index contributed by atoms with van der Waals surface area (Å²) in [5, 5.41) is 3.40. The van der Waals surface area contributed by atoms with Crippen molar-refractivity contribution in [3.05, 3.63) is 42.0 Å². The number of hydrogen-bond donors (Lipinski definition) is 1. The van der Waals surface area contributed by atoms with Crippen LogP contribution in [0.1, 0.15) is 32.4 Å². The Morgan fingerprint density at radius 2 is 2.00 bits per heavy atom. The maximum absolute atomic E-state index is 11.7.